The summed E-state index contributed by atoms with van der Waals surface area (Å²) < 4.78 is 11.8. The molecule has 102 valence electrons. The first-order valence-electron chi connectivity index (χ1n) is 7.10. The Bertz CT molecular complexity index is 197. The molecule has 1 unspecified atom stereocenters. The van der Waals surface area contributed by atoms with Gasteiger partial charge < -0.3 is 14.0 Å². The van der Waals surface area contributed by atoms with Gasteiger partial charge in [-0.1, -0.05) is 32.1 Å². The fourth-order valence-electron chi connectivity index (χ4n) is 2.85. The van der Waals surface area contributed by atoms with Crippen molar-refractivity contribution in [1.29, 1.82) is 0 Å². The minimum atomic E-state index is -2.40. The van der Waals surface area contributed by atoms with Gasteiger partial charge in [-0.25, -0.2) is 0 Å². The smallest absolute Gasteiger partial charge is 0.367 e. The van der Waals surface area contributed by atoms with E-state index in [0.29, 0.717) is 19.1 Å². The van der Waals surface area contributed by atoms with Gasteiger partial charge in [0.25, 0.3) is 0 Å². The molecule has 1 fully saturated rings. The van der Waals surface area contributed by atoms with Crippen LogP contribution in [0.2, 0.25) is 6.04 Å². The lowest BCUT2D eigenvalue weighted by molar-refractivity contribution is 0.112. The van der Waals surface area contributed by atoms with Crippen LogP contribution in [0, 0.1) is 5.92 Å². The Hall–Kier alpha value is 0.0969. The average molecular weight is 260 g/mol. The third-order valence-corrected chi connectivity index (χ3v) is 7.69. The first-order valence-corrected chi connectivity index (χ1v) is 9.20. The third-order valence-electron chi connectivity index (χ3n) is 3.71. The quantitative estimate of drug-likeness (QED) is 0.715. The molecule has 0 aromatic heterocycles. The van der Waals surface area contributed by atoms with Crippen molar-refractivity contribution in [3.8, 4) is 0 Å². The molecule has 0 aromatic carbocycles. The molecule has 0 aliphatic heterocycles. The van der Waals surface area contributed by atoms with Gasteiger partial charge in [0, 0.05) is 13.2 Å². The Morgan fingerprint density at radius 2 is 1.65 bits per heavy atom. The predicted molar refractivity (Wildman–Crippen MR) is 72.1 cm³/mol. The molecule has 1 atom stereocenters. The lowest BCUT2D eigenvalue weighted by Gasteiger charge is -2.36. The lowest BCUT2D eigenvalue weighted by Crippen LogP contribution is -2.53. The van der Waals surface area contributed by atoms with Crippen LogP contribution < -0.4 is 0 Å². The number of rotatable bonds is 7. The Balaban J connectivity index is 2.65. The molecule has 1 saturated carbocycles. The molecule has 0 heterocycles. The van der Waals surface area contributed by atoms with Crippen LogP contribution in [0.25, 0.3) is 0 Å². The maximum absolute atomic E-state index is 10.1. The highest BCUT2D eigenvalue weighted by Gasteiger charge is 2.44. The van der Waals surface area contributed by atoms with Gasteiger partial charge in [-0.05, 0) is 32.7 Å². The Kier molecular flexibility index (Phi) is 6.70. The van der Waals surface area contributed by atoms with Gasteiger partial charge in [0.05, 0.1) is 5.73 Å². The van der Waals surface area contributed by atoms with Crippen LogP contribution in [0.4, 0.5) is 0 Å². The van der Waals surface area contributed by atoms with E-state index < -0.39 is 14.3 Å². The van der Waals surface area contributed by atoms with E-state index in [0.717, 1.165) is 6.04 Å². The molecule has 1 N–H and O–H groups in total. The van der Waals surface area contributed by atoms with Crippen LogP contribution in [0.5, 0.6) is 0 Å². The van der Waals surface area contributed by atoms with Crippen molar-refractivity contribution in [2.75, 3.05) is 13.2 Å². The highest BCUT2D eigenvalue weighted by atomic mass is 28.4. The summed E-state index contributed by atoms with van der Waals surface area (Å²) in [5.74, 6) is 0.697. The molecular weight excluding hydrogens is 232 g/mol. The molecule has 0 bridgehead atoms. The van der Waals surface area contributed by atoms with Gasteiger partial charge in [0.1, 0.15) is 0 Å². The number of hydrogen-bond acceptors (Lipinski definition) is 3. The molecule has 4 heteroatoms. The summed E-state index contributed by atoms with van der Waals surface area (Å²) in [6.07, 6.45) is 6.58. The van der Waals surface area contributed by atoms with Crippen molar-refractivity contribution in [3.63, 3.8) is 0 Å². The molecule has 1 aliphatic carbocycles. The van der Waals surface area contributed by atoms with Gasteiger partial charge in [-0.2, -0.15) is 0 Å². The highest BCUT2D eigenvalue weighted by Crippen LogP contribution is 2.33. The standard InChI is InChI=1S/C13H28O3Si/c1-4-15-17(12(3)14,16-5-2)11-13-9-7-6-8-10-13/h12-14H,4-11H2,1-3H3. The molecule has 0 amide bonds. The summed E-state index contributed by atoms with van der Waals surface area (Å²) >= 11 is 0. The minimum absolute atomic E-state index is 0.440. The third kappa shape index (κ3) is 4.36. The van der Waals surface area contributed by atoms with Crippen molar-refractivity contribution in [2.45, 2.75) is 64.6 Å². The van der Waals surface area contributed by atoms with Crippen molar-refractivity contribution >= 4 is 8.56 Å². The van der Waals surface area contributed by atoms with Gasteiger partial charge in [-0.3, -0.25) is 0 Å². The first kappa shape index (κ1) is 15.2. The van der Waals surface area contributed by atoms with Crippen molar-refractivity contribution in [1.82, 2.24) is 0 Å². The first-order chi connectivity index (χ1) is 8.14. The fraction of sp³-hybridized carbons (Fsp3) is 1.00. The van der Waals surface area contributed by atoms with Gasteiger partial charge in [-0.15, -0.1) is 0 Å². The van der Waals surface area contributed by atoms with E-state index in [1.165, 1.54) is 32.1 Å². The number of aliphatic hydroxyl groups excluding tert-OH is 1. The summed E-state index contributed by atoms with van der Waals surface area (Å²) in [4.78, 5) is 0. The van der Waals surface area contributed by atoms with Crippen LogP contribution >= 0.6 is 0 Å². The fourth-order valence-corrected chi connectivity index (χ4v) is 6.19. The van der Waals surface area contributed by atoms with Gasteiger partial charge in [0.15, 0.2) is 0 Å². The molecular formula is C13H28O3Si. The average Bonchev–Trinajstić information content (AvgIpc) is 2.30. The van der Waals surface area contributed by atoms with Gasteiger partial charge >= 0.3 is 8.56 Å². The zero-order valence-corrected chi connectivity index (χ0v) is 12.6. The monoisotopic (exact) mass is 260 g/mol. The van der Waals surface area contributed by atoms with Crippen LogP contribution in [0.1, 0.15) is 52.9 Å². The zero-order chi connectivity index (χ0) is 12.7. The van der Waals surface area contributed by atoms with Crippen LogP contribution in [0.15, 0.2) is 0 Å². The molecule has 3 nitrogen and oxygen atoms in total. The SMILES string of the molecule is CCO[Si](CC1CCCCC1)(OCC)C(C)O. The minimum Gasteiger partial charge on any atom is -0.393 e. The van der Waals surface area contributed by atoms with E-state index in [1.807, 2.05) is 20.8 Å². The zero-order valence-electron chi connectivity index (χ0n) is 11.6. The molecule has 0 radical (unpaired) electrons. The van der Waals surface area contributed by atoms with Gasteiger partial charge in [0.2, 0.25) is 0 Å². The second-order valence-corrected chi connectivity index (χ2v) is 8.51. The second-order valence-electron chi connectivity index (χ2n) is 5.06. The Morgan fingerprint density at radius 3 is 2.06 bits per heavy atom. The van der Waals surface area contributed by atoms with Crippen molar-refractivity contribution in [3.05, 3.63) is 0 Å². The van der Waals surface area contributed by atoms with E-state index in [9.17, 15) is 5.11 Å². The lowest BCUT2D eigenvalue weighted by atomic mass is 9.91. The topological polar surface area (TPSA) is 38.7 Å². The number of aliphatic hydroxyl groups is 1. The number of hydrogen-bond donors (Lipinski definition) is 1. The van der Waals surface area contributed by atoms with Crippen molar-refractivity contribution in [2.24, 2.45) is 5.92 Å². The second kappa shape index (κ2) is 7.51. The molecule has 0 saturated heterocycles. The maximum atomic E-state index is 10.1. The molecule has 1 aliphatic rings. The summed E-state index contributed by atoms with van der Waals surface area (Å²) in [6, 6.07) is 0.965. The van der Waals surface area contributed by atoms with Crippen molar-refractivity contribution < 1.29 is 14.0 Å². The van der Waals surface area contributed by atoms with E-state index in [-0.39, 0.29) is 0 Å². The largest absolute Gasteiger partial charge is 0.393 e. The van der Waals surface area contributed by atoms with Crippen LogP contribution in [-0.4, -0.2) is 32.6 Å². The summed E-state index contributed by atoms with van der Waals surface area (Å²) in [5, 5.41) is 10.1. The van der Waals surface area contributed by atoms with E-state index in [1.54, 1.807) is 0 Å². The Morgan fingerprint density at radius 1 is 1.12 bits per heavy atom. The summed E-state index contributed by atoms with van der Waals surface area (Å²) in [7, 11) is -2.40. The summed E-state index contributed by atoms with van der Waals surface area (Å²) in [5.41, 5.74) is -0.440. The highest BCUT2D eigenvalue weighted by molar-refractivity contribution is 6.68. The maximum Gasteiger partial charge on any atom is 0.367 e. The molecule has 1 rings (SSSR count). The van der Waals surface area contributed by atoms with E-state index >= 15 is 0 Å². The van der Waals surface area contributed by atoms with Crippen LogP contribution in [-0.2, 0) is 8.85 Å². The molecule has 0 aromatic rings. The van der Waals surface area contributed by atoms with E-state index in [2.05, 4.69) is 0 Å². The van der Waals surface area contributed by atoms with E-state index in [4.69, 9.17) is 8.85 Å². The molecule has 17 heavy (non-hydrogen) atoms. The molecule has 0 spiro atoms. The predicted octanol–water partition coefficient (Wildman–Crippen LogP) is 3.00. The normalized spacial score (nSPS) is 20.5. The summed E-state index contributed by atoms with van der Waals surface area (Å²) in [6.45, 7) is 7.10. The Labute approximate surface area is 107 Å². The van der Waals surface area contributed by atoms with Crippen LogP contribution in [0.3, 0.4) is 0 Å².